The van der Waals surface area contributed by atoms with Gasteiger partial charge >= 0.3 is 6.18 Å². The summed E-state index contributed by atoms with van der Waals surface area (Å²) in [6.07, 6.45) is -3.52. The van der Waals surface area contributed by atoms with E-state index < -0.39 is 35.3 Å². The van der Waals surface area contributed by atoms with Crippen molar-refractivity contribution in [3.8, 4) is 0 Å². The summed E-state index contributed by atoms with van der Waals surface area (Å²) in [6.45, 7) is 0. The van der Waals surface area contributed by atoms with Crippen LogP contribution < -0.4 is 10.6 Å². The molecule has 0 bridgehead atoms. The predicted molar refractivity (Wildman–Crippen MR) is 94.3 cm³/mol. The number of carbonyl (C=O) groups excluding carboxylic acids is 2. The van der Waals surface area contributed by atoms with Crippen LogP contribution in [0.3, 0.4) is 0 Å². The molecule has 28 heavy (non-hydrogen) atoms. The van der Waals surface area contributed by atoms with Crippen LogP contribution in [0.5, 0.6) is 0 Å². The van der Waals surface area contributed by atoms with Crippen LogP contribution in [0.15, 0.2) is 36.4 Å². The van der Waals surface area contributed by atoms with Crippen molar-refractivity contribution in [2.24, 2.45) is 5.92 Å². The van der Waals surface area contributed by atoms with E-state index in [9.17, 15) is 27.2 Å². The Morgan fingerprint density at radius 2 is 1.89 bits per heavy atom. The lowest BCUT2D eigenvalue weighted by atomic mass is 10.0. The lowest BCUT2D eigenvalue weighted by molar-refractivity contribution is -0.138. The molecule has 1 saturated carbocycles. The summed E-state index contributed by atoms with van der Waals surface area (Å²) in [7, 11) is 0. The van der Waals surface area contributed by atoms with Crippen LogP contribution >= 0.6 is 0 Å². The molecule has 1 aliphatic carbocycles. The standard InChI is InChI=1S/C20H16F4N2O2/c21-15-9-16-10(5-6-18(27)25-16)7-17(15)26-19(28)13-8-12(13)11-3-1-2-4-14(11)20(22,23)24/h1-4,7,9,12-13H,5-6,8H2,(H,25,27)(H,26,28)/t12-,13-/m1/s1. The second kappa shape index (κ2) is 6.61. The van der Waals surface area contributed by atoms with Gasteiger partial charge in [-0.2, -0.15) is 13.2 Å². The third kappa shape index (κ3) is 3.46. The molecule has 2 atom stereocenters. The van der Waals surface area contributed by atoms with Gasteiger partial charge in [0.15, 0.2) is 0 Å². The van der Waals surface area contributed by atoms with Crippen molar-refractivity contribution in [2.75, 3.05) is 10.6 Å². The second-order valence-electron chi connectivity index (χ2n) is 7.06. The highest BCUT2D eigenvalue weighted by Gasteiger charge is 2.48. The van der Waals surface area contributed by atoms with Gasteiger partial charge in [-0.3, -0.25) is 9.59 Å². The van der Waals surface area contributed by atoms with Crippen molar-refractivity contribution in [3.63, 3.8) is 0 Å². The second-order valence-corrected chi connectivity index (χ2v) is 7.06. The molecule has 4 rings (SSSR count). The topological polar surface area (TPSA) is 58.2 Å². The lowest BCUT2D eigenvalue weighted by Crippen LogP contribution is -2.21. The number of halogens is 4. The molecule has 146 valence electrons. The zero-order valence-electron chi connectivity index (χ0n) is 14.6. The highest BCUT2D eigenvalue weighted by Crippen LogP contribution is 2.51. The average molecular weight is 392 g/mol. The van der Waals surface area contributed by atoms with Gasteiger partial charge in [0.1, 0.15) is 5.82 Å². The first-order chi connectivity index (χ1) is 13.2. The van der Waals surface area contributed by atoms with E-state index >= 15 is 0 Å². The van der Waals surface area contributed by atoms with Crippen molar-refractivity contribution in [2.45, 2.75) is 31.4 Å². The molecule has 1 aliphatic heterocycles. The van der Waals surface area contributed by atoms with Crippen molar-refractivity contribution < 1.29 is 27.2 Å². The number of hydrogen-bond donors (Lipinski definition) is 2. The van der Waals surface area contributed by atoms with Gasteiger partial charge < -0.3 is 10.6 Å². The highest BCUT2D eigenvalue weighted by molar-refractivity contribution is 5.97. The minimum atomic E-state index is -4.49. The molecule has 0 spiro atoms. The van der Waals surface area contributed by atoms with E-state index in [1.807, 2.05) is 0 Å². The highest BCUT2D eigenvalue weighted by atomic mass is 19.4. The molecule has 4 nitrogen and oxygen atoms in total. The molecule has 2 N–H and O–H groups in total. The summed E-state index contributed by atoms with van der Waals surface area (Å²) >= 11 is 0. The normalized spacial score (nSPS) is 20.9. The Morgan fingerprint density at radius 1 is 1.14 bits per heavy atom. The summed E-state index contributed by atoms with van der Waals surface area (Å²) in [4.78, 5) is 23.8. The number of rotatable bonds is 3. The molecule has 0 aromatic heterocycles. The van der Waals surface area contributed by atoms with Gasteiger partial charge in [-0.05, 0) is 48.1 Å². The van der Waals surface area contributed by atoms with Crippen molar-refractivity contribution >= 4 is 23.2 Å². The largest absolute Gasteiger partial charge is 0.416 e. The number of benzene rings is 2. The van der Waals surface area contributed by atoms with Gasteiger partial charge in [0, 0.05) is 18.0 Å². The van der Waals surface area contributed by atoms with Crippen molar-refractivity contribution in [1.82, 2.24) is 0 Å². The zero-order valence-corrected chi connectivity index (χ0v) is 14.6. The Morgan fingerprint density at radius 3 is 2.64 bits per heavy atom. The number of amides is 2. The van der Waals surface area contributed by atoms with Crippen molar-refractivity contribution in [1.29, 1.82) is 0 Å². The van der Waals surface area contributed by atoms with Gasteiger partial charge in [-0.1, -0.05) is 18.2 Å². The van der Waals surface area contributed by atoms with Crippen molar-refractivity contribution in [3.05, 3.63) is 58.9 Å². The molecular formula is C20H16F4N2O2. The summed E-state index contributed by atoms with van der Waals surface area (Å²) in [5.41, 5.74) is 0.380. The van der Waals surface area contributed by atoms with E-state index in [2.05, 4.69) is 10.6 Å². The lowest BCUT2D eigenvalue weighted by Gasteiger charge is -2.18. The summed E-state index contributed by atoms with van der Waals surface area (Å²) < 4.78 is 53.8. The molecule has 2 amide bonds. The van der Waals surface area contributed by atoms with E-state index in [0.29, 0.717) is 17.7 Å². The molecule has 0 saturated heterocycles. The maximum Gasteiger partial charge on any atom is 0.416 e. The van der Waals surface area contributed by atoms with Gasteiger partial charge in [-0.15, -0.1) is 0 Å². The van der Waals surface area contributed by atoms with Gasteiger partial charge in [-0.25, -0.2) is 4.39 Å². The quantitative estimate of drug-likeness (QED) is 0.758. The summed E-state index contributed by atoms with van der Waals surface area (Å²) in [5.74, 6) is -2.60. The van der Waals surface area contributed by atoms with E-state index in [-0.39, 0.29) is 30.0 Å². The van der Waals surface area contributed by atoms with Crippen LogP contribution in [-0.4, -0.2) is 11.8 Å². The number of anilines is 2. The molecule has 2 aromatic carbocycles. The minimum Gasteiger partial charge on any atom is -0.326 e. The monoisotopic (exact) mass is 392 g/mol. The maximum atomic E-state index is 14.3. The predicted octanol–water partition coefficient (Wildman–Crippen LogP) is 4.47. The molecule has 2 aliphatic rings. The number of aryl methyl sites for hydroxylation is 1. The van der Waals surface area contributed by atoms with E-state index in [0.717, 1.165) is 12.1 Å². The fourth-order valence-electron chi connectivity index (χ4n) is 3.63. The molecule has 0 radical (unpaired) electrons. The van der Waals surface area contributed by atoms with Crippen LogP contribution in [0.2, 0.25) is 0 Å². The first-order valence-corrected chi connectivity index (χ1v) is 8.83. The van der Waals surface area contributed by atoms with Crippen LogP contribution in [-0.2, 0) is 22.2 Å². The van der Waals surface area contributed by atoms with E-state index in [4.69, 9.17) is 0 Å². The van der Waals surface area contributed by atoms with E-state index in [1.54, 1.807) is 0 Å². The number of hydrogen-bond acceptors (Lipinski definition) is 2. The van der Waals surface area contributed by atoms with E-state index in [1.165, 1.54) is 24.3 Å². The molecule has 0 unspecified atom stereocenters. The van der Waals surface area contributed by atoms with Crippen LogP contribution in [0.4, 0.5) is 28.9 Å². The smallest absolute Gasteiger partial charge is 0.326 e. The van der Waals surface area contributed by atoms with Gasteiger partial charge in [0.2, 0.25) is 11.8 Å². The number of alkyl halides is 3. The average Bonchev–Trinajstić information content (AvgIpc) is 3.42. The molecule has 1 fully saturated rings. The fraction of sp³-hybridized carbons (Fsp3) is 0.300. The van der Waals surface area contributed by atoms with Crippen LogP contribution in [0.25, 0.3) is 0 Å². The zero-order chi connectivity index (χ0) is 20.1. The fourth-order valence-corrected chi connectivity index (χ4v) is 3.63. The summed E-state index contributed by atoms with van der Waals surface area (Å²) in [6, 6.07) is 7.80. The Balaban J connectivity index is 1.51. The number of carbonyl (C=O) groups is 2. The Labute approximate surface area is 157 Å². The minimum absolute atomic E-state index is 0.0327. The first kappa shape index (κ1) is 18.5. The molecule has 8 heteroatoms. The Hall–Kier alpha value is -2.90. The Kier molecular flexibility index (Phi) is 4.36. The number of nitrogens with one attached hydrogen (secondary N) is 2. The van der Waals surface area contributed by atoms with Gasteiger partial charge in [0.25, 0.3) is 0 Å². The molecular weight excluding hydrogens is 376 g/mol. The van der Waals surface area contributed by atoms with Gasteiger partial charge in [0.05, 0.1) is 11.3 Å². The summed E-state index contributed by atoms with van der Waals surface area (Å²) in [5, 5.41) is 5.05. The molecule has 1 heterocycles. The van der Waals surface area contributed by atoms with Crippen LogP contribution in [0, 0.1) is 11.7 Å². The third-order valence-corrected chi connectivity index (χ3v) is 5.14. The Bertz CT molecular complexity index is 971. The SMILES string of the molecule is O=C1CCc2cc(NC(=O)[C@@H]3C[C@@H]3c3ccccc3C(F)(F)F)c(F)cc2N1. The first-order valence-electron chi connectivity index (χ1n) is 8.83. The van der Waals surface area contributed by atoms with Crippen LogP contribution in [0.1, 0.15) is 35.4 Å². The maximum absolute atomic E-state index is 14.3. The third-order valence-electron chi connectivity index (χ3n) is 5.14. The number of fused-ring (bicyclic) bond motifs is 1. The molecule has 2 aromatic rings.